The van der Waals surface area contributed by atoms with E-state index >= 15 is 0 Å². The zero-order valence-electron chi connectivity index (χ0n) is 13.0. The number of hydrogen-bond acceptors (Lipinski definition) is 7. The molecule has 0 unspecified atom stereocenters. The summed E-state index contributed by atoms with van der Waals surface area (Å²) in [6, 6.07) is 4.00. The van der Waals surface area contributed by atoms with Gasteiger partial charge < -0.3 is 15.8 Å². The van der Waals surface area contributed by atoms with Gasteiger partial charge in [-0.2, -0.15) is 15.2 Å². The lowest BCUT2D eigenvalue weighted by molar-refractivity contribution is 0.298. The molecule has 2 rings (SSSR count). The molecule has 0 aliphatic carbocycles. The first-order valence-corrected chi connectivity index (χ1v) is 7.51. The van der Waals surface area contributed by atoms with Crippen LogP contribution in [0.3, 0.4) is 0 Å². The van der Waals surface area contributed by atoms with Gasteiger partial charge in [-0.05, 0) is 25.0 Å². The Kier molecular flexibility index (Phi) is 5.88. The van der Waals surface area contributed by atoms with E-state index in [4.69, 9.17) is 10.5 Å². The summed E-state index contributed by atoms with van der Waals surface area (Å²) < 4.78 is 5.76. The minimum absolute atomic E-state index is 0.223. The number of hydrogen-bond donors (Lipinski definition) is 2. The standard InChI is InChI=1S/C15H22N6O/c1-3-6-11(4-2)19-14-13(9-17-15(16)20-14)22-10-12-7-5-8-18-21-12/h5,7-9,11H,3-4,6,10H2,1-2H3,(H3,16,17,19,20)/t11-/m1/s1. The lowest BCUT2D eigenvalue weighted by atomic mass is 10.1. The van der Waals surface area contributed by atoms with Crippen molar-refractivity contribution in [3.05, 3.63) is 30.2 Å². The minimum atomic E-state index is 0.223. The number of aromatic nitrogens is 4. The van der Waals surface area contributed by atoms with Gasteiger partial charge in [0.05, 0.1) is 6.20 Å². The zero-order chi connectivity index (χ0) is 15.8. The van der Waals surface area contributed by atoms with Crippen LogP contribution in [-0.2, 0) is 6.61 Å². The highest BCUT2D eigenvalue weighted by molar-refractivity contribution is 5.51. The van der Waals surface area contributed by atoms with Crippen LogP contribution in [0, 0.1) is 0 Å². The molecule has 0 saturated carbocycles. The Bertz CT molecular complexity index is 578. The highest BCUT2D eigenvalue weighted by Crippen LogP contribution is 2.24. The molecule has 0 aromatic carbocycles. The summed E-state index contributed by atoms with van der Waals surface area (Å²) in [6.45, 7) is 4.60. The molecular weight excluding hydrogens is 280 g/mol. The Morgan fingerprint density at radius 2 is 2.23 bits per heavy atom. The first-order chi connectivity index (χ1) is 10.7. The maximum atomic E-state index is 5.76. The molecule has 1 atom stereocenters. The smallest absolute Gasteiger partial charge is 0.222 e. The lowest BCUT2D eigenvalue weighted by Gasteiger charge is -2.19. The van der Waals surface area contributed by atoms with Crippen LogP contribution in [0.25, 0.3) is 0 Å². The van der Waals surface area contributed by atoms with Crippen molar-refractivity contribution >= 4 is 11.8 Å². The normalized spacial score (nSPS) is 11.9. The van der Waals surface area contributed by atoms with Gasteiger partial charge in [0.1, 0.15) is 12.3 Å². The number of nitrogens with zero attached hydrogens (tertiary/aromatic N) is 4. The number of nitrogens with two attached hydrogens (primary N) is 1. The number of nitrogens with one attached hydrogen (secondary N) is 1. The maximum absolute atomic E-state index is 5.76. The van der Waals surface area contributed by atoms with Crippen molar-refractivity contribution in [2.75, 3.05) is 11.1 Å². The Labute approximate surface area is 130 Å². The van der Waals surface area contributed by atoms with E-state index < -0.39 is 0 Å². The van der Waals surface area contributed by atoms with E-state index in [1.807, 2.05) is 12.1 Å². The van der Waals surface area contributed by atoms with Crippen LogP contribution < -0.4 is 15.8 Å². The highest BCUT2D eigenvalue weighted by Gasteiger charge is 2.12. The molecule has 0 saturated heterocycles. The second kappa shape index (κ2) is 8.11. The summed E-state index contributed by atoms with van der Waals surface area (Å²) in [5.74, 6) is 1.41. The molecule has 118 valence electrons. The van der Waals surface area contributed by atoms with Crippen LogP contribution in [0.15, 0.2) is 24.5 Å². The Hall–Kier alpha value is -2.44. The molecule has 3 N–H and O–H groups in total. The molecule has 0 spiro atoms. The largest absolute Gasteiger partial charge is 0.482 e. The van der Waals surface area contributed by atoms with E-state index in [-0.39, 0.29) is 5.95 Å². The topological polar surface area (TPSA) is 98.8 Å². The zero-order valence-corrected chi connectivity index (χ0v) is 13.0. The van der Waals surface area contributed by atoms with Gasteiger partial charge in [-0.25, -0.2) is 4.98 Å². The predicted molar refractivity (Wildman–Crippen MR) is 85.4 cm³/mol. The van der Waals surface area contributed by atoms with Gasteiger partial charge in [-0.3, -0.25) is 0 Å². The molecule has 22 heavy (non-hydrogen) atoms. The van der Waals surface area contributed by atoms with Gasteiger partial charge in [0.25, 0.3) is 0 Å². The highest BCUT2D eigenvalue weighted by atomic mass is 16.5. The van der Waals surface area contributed by atoms with Gasteiger partial charge >= 0.3 is 0 Å². The SMILES string of the molecule is CCC[C@@H](CC)Nc1nc(N)ncc1OCc1cccnn1. The van der Waals surface area contributed by atoms with Crippen molar-refractivity contribution in [2.45, 2.75) is 45.8 Å². The molecule has 0 aliphatic heterocycles. The van der Waals surface area contributed by atoms with Gasteiger partial charge in [-0.1, -0.05) is 20.3 Å². The molecule has 7 nitrogen and oxygen atoms in total. The molecule has 0 bridgehead atoms. The average molecular weight is 302 g/mol. The third-order valence-corrected chi connectivity index (χ3v) is 3.25. The van der Waals surface area contributed by atoms with E-state index in [1.165, 1.54) is 0 Å². The van der Waals surface area contributed by atoms with Crippen molar-refractivity contribution in [1.29, 1.82) is 0 Å². The van der Waals surface area contributed by atoms with Crippen molar-refractivity contribution < 1.29 is 4.74 Å². The fourth-order valence-corrected chi connectivity index (χ4v) is 2.08. The molecule has 2 aromatic rings. The third kappa shape index (κ3) is 4.54. The third-order valence-electron chi connectivity index (χ3n) is 3.25. The molecular formula is C15H22N6O. The van der Waals surface area contributed by atoms with Gasteiger partial charge in [0.2, 0.25) is 5.95 Å². The van der Waals surface area contributed by atoms with E-state index in [0.29, 0.717) is 24.2 Å². The van der Waals surface area contributed by atoms with E-state index in [2.05, 4.69) is 39.3 Å². The number of anilines is 2. The van der Waals surface area contributed by atoms with Crippen LogP contribution >= 0.6 is 0 Å². The van der Waals surface area contributed by atoms with Crippen LogP contribution in [0.5, 0.6) is 5.75 Å². The second-order valence-electron chi connectivity index (χ2n) is 4.98. The molecule has 0 aliphatic rings. The molecule has 2 heterocycles. The fraction of sp³-hybridized carbons (Fsp3) is 0.467. The summed E-state index contributed by atoms with van der Waals surface area (Å²) in [7, 11) is 0. The van der Waals surface area contributed by atoms with Crippen LogP contribution in [-0.4, -0.2) is 26.2 Å². The summed E-state index contributed by atoms with van der Waals surface area (Å²) in [4.78, 5) is 8.25. The number of nitrogen functional groups attached to an aromatic ring is 1. The maximum Gasteiger partial charge on any atom is 0.222 e. The monoisotopic (exact) mass is 302 g/mol. The summed E-state index contributed by atoms with van der Waals surface area (Å²) in [6.07, 6.45) is 6.37. The van der Waals surface area contributed by atoms with Crippen LogP contribution in [0.4, 0.5) is 11.8 Å². The minimum Gasteiger partial charge on any atom is -0.482 e. The number of rotatable bonds is 8. The Morgan fingerprint density at radius 3 is 2.91 bits per heavy atom. The Balaban J connectivity index is 2.09. The predicted octanol–water partition coefficient (Wildman–Crippen LogP) is 2.42. The van der Waals surface area contributed by atoms with Crippen molar-refractivity contribution in [2.24, 2.45) is 0 Å². The fourth-order valence-electron chi connectivity index (χ4n) is 2.08. The van der Waals surface area contributed by atoms with Crippen LogP contribution in [0.2, 0.25) is 0 Å². The Morgan fingerprint density at radius 1 is 1.36 bits per heavy atom. The lowest BCUT2D eigenvalue weighted by Crippen LogP contribution is -2.20. The average Bonchev–Trinajstić information content (AvgIpc) is 2.54. The quantitative estimate of drug-likeness (QED) is 0.772. The van der Waals surface area contributed by atoms with Crippen molar-refractivity contribution in [1.82, 2.24) is 20.2 Å². The van der Waals surface area contributed by atoms with Gasteiger partial charge in [-0.15, -0.1) is 0 Å². The second-order valence-corrected chi connectivity index (χ2v) is 4.98. The number of ether oxygens (including phenoxy) is 1. The molecule has 0 radical (unpaired) electrons. The molecule has 0 fully saturated rings. The molecule has 7 heteroatoms. The first kappa shape index (κ1) is 15.9. The van der Waals surface area contributed by atoms with Crippen molar-refractivity contribution in [3.63, 3.8) is 0 Å². The first-order valence-electron chi connectivity index (χ1n) is 7.51. The van der Waals surface area contributed by atoms with Crippen molar-refractivity contribution in [3.8, 4) is 5.75 Å². The van der Waals surface area contributed by atoms with Gasteiger partial charge in [0.15, 0.2) is 11.6 Å². The van der Waals surface area contributed by atoms with Gasteiger partial charge in [0, 0.05) is 12.2 Å². The molecule has 0 amide bonds. The van der Waals surface area contributed by atoms with Crippen LogP contribution in [0.1, 0.15) is 38.8 Å². The van der Waals surface area contributed by atoms with E-state index in [1.54, 1.807) is 12.4 Å². The summed E-state index contributed by atoms with van der Waals surface area (Å²) >= 11 is 0. The summed E-state index contributed by atoms with van der Waals surface area (Å²) in [5.41, 5.74) is 6.43. The van der Waals surface area contributed by atoms with E-state index in [0.717, 1.165) is 25.0 Å². The molecule has 2 aromatic heterocycles. The van der Waals surface area contributed by atoms with E-state index in [9.17, 15) is 0 Å². The summed E-state index contributed by atoms with van der Waals surface area (Å²) in [5, 5.41) is 11.2.